The lowest BCUT2D eigenvalue weighted by Gasteiger charge is -2.25. The number of benzene rings is 2. The average molecular weight is 400 g/mol. The molecule has 1 atom stereocenters. The van der Waals surface area contributed by atoms with Crippen LogP contribution in [0.5, 0.6) is 11.5 Å². The summed E-state index contributed by atoms with van der Waals surface area (Å²) in [6.45, 7) is 5.20. The van der Waals surface area contributed by atoms with Crippen LogP contribution >= 0.6 is 0 Å². The molecule has 0 saturated heterocycles. The van der Waals surface area contributed by atoms with Gasteiger partial charge in [0.1, 0.15) is 17.3 Å². The molecule has 0 aliphatic carbocycles. The van der Waals surface area contributed by atoms with E-state index in [2.05, 4.69) is 10.5 Å². The summed E-state index contributed by atoms with van der Waals surface area (Å²) in [6.07, 6.45) is 0.130. The molecule has 0 bridgehead atoms. The molecule has 0 aliphatic rings. The first-order valence-electron chi connectivity index (χ1n) is 8.96. The van der Waals surface area contributed by atoms with Gasteiger partial charge in [0.05, 0.1) is 7.11 Å². The highest BCUT2D eigenvalue weighted by atomic mass is 16.6. The van der Waals surface area contributed by atoms with Crippen LogP contribution in [-0.2, 0) is 16.0 Å². The van der Waals surface area contributed by atoms with Gasteiger partial charge in [0.2, 0.25) is 0 Å². The first kappa shape index (κ1) is 21.9. The maximum absolute atomic E-state index is 12.7. The summed E-state index contributed by atoms with van der Waals surface area (Å²) < 4.78 is 10.5. The predicted octanol–water partition coefficient (Wildman–Crippen LogP) is 3.48. The van der Waals surface area contributed by atoms with E-state index in [4.69, 9.17) is 9.47 Å². The molecule has 0 aromatic heterocycles. The van der Waals surface area contributed by atoms with Gasteiger partial charge < -0.3 is 19.9 Å². The Balaban J connectivity index is 2.25. The molecule has 2 rings (SSSR count). The fourth-order valence-electron chi connectivity index (χ4n) is 2.57. The number of nitroso groups, excluding NO2 is 1. The number of hydrogen-bond donors (Lipinski definition) is 2. The minimum Gasteiger partial charge on any atom is -0.504 e. The van der Waals surface area contributed by atoms with E-state index in [0.29, 0.717) is 5.56 Å². The summed E-state index contributed by atoms with van der Waals surface area (Å²) >= 11 is 0. The van der Waals surface area contributed by atoms with E-state index in [9.17, 15) is 19.6 Å². The summed E-state index contributed by atoms with van der Waals surface area (Å²) in [7, 11) is 1.42. The van der Waals surface area contributed by atoms with Crippen molar-refractivity contribution in [1.29, 1.82) is 0 Å². The quantitative estimate of drug-likeness (QED) is 0.543. The maximum atomic E-state index is 12.7. The highest BCUT2D eigenvalue weighted by molar-refractivity contribution is 5.97. The molecule has 8 nitrogen and oxygen atoms in total. The van der Waals surface area contributed by atoms with E-state index in [1.54, 1.807) is 32.9 Å². The Morgan fingerprint density at radius 3 is 2.34 bits per heavy atom. The van der Waals surface area contributed by atoms with Crippen molar-refractivity contribution in [3.63, 3.8) is 0 Å². The van der Waals surface area contributed by atoms with Gasteiger partial charge in [0, 0.05) is 12.0 Å². The Kier molecular flexibility index (Phi) is 6.93. The lowest BCUT2D eigenvalue weighted by molar-refractivity contribution is -0.157. The number of carbonyl (C=O) groups is 2. The molecular formula is C21H24N2O6. The van der Waals surface area contributed by atoms with Crippen molar-refractivity contribution in [2.24, 2.45) is 5.18 Å². The van der Waals surface area contributed by atoms with Crippen molar-refractivity contribution < 1.29 is 24.2 Å². The number of ether oxygens (including phenoxy) is 2. The van der Waals surface area contributed by atoms with Crippen molar-refractivity contribution in [3.8, 4) is 11.5 Å². The first-order valence-corrected chi connectivity index (χ1v) is 8.96. The van der Waals surface area contributed by atoms with Crippen molar-refractivity contribution >= 4 is 17.6 Å². The normalized spacial score (nSPS) is 12.0. The van der Waals surface area contributed by atoms with Crippen LogP contribution < -0.4 is 10.1 Å². The van der Waals surface area contributed by atoms with Gasteiger partial charge in [-0.2, -0.15) is 0 Å². The average Bonchev–Trinajstić information content (AvgIpc) is 2.67. The van der Waals surface area contributed by atoms with Gasteiger partial charge in [-0.25, -0.2) is 4.79 Å². The maximum Gasteiger partial charge on any atom is 0.329 e. The highest BCUT2D eigenvalue weighted by Gasteiger charge is 2.27. The Morgan fingerprint density at radius 2 is 1.79 bits per heavy atom. The van der Waals surface area contributed by atoms with Crippen LogP contribution in [0.25, 0.3) is 0 Å². The molecule has 2 aromatic rings. The third-order valence-corrected chi connectivity index (χ3v) is 3.92. The molecule has 8 heteroatoms. The molecule has 29 heavy (non-hydrogen) atoms. The minimum atomic E-state index is -0.972. The number of esters is 1. The summed E-state index contributed by atoms with van der Waals surface area (Å²) in [5, 5.41) is 15.2. The number of nitrogens with zero attached hydrogens (tertiary/aromatic N) is 1. The number of aromatic hydroxyl groups is 1. The zero-order chi connectivity index (χ0) is 21.6. The number of phenolic OH excluding ortho intramolecular Hbond substituents is 1. The molecule has 0 heterocycles. The van der Waals surface area contributed by atoms with E-state index in [1.165, 1.54) is 37.4 Å². The van der Waals surface area contributed by atoms with Crippen LogP contribution in [0.2, 0.25) is 0 Å². The third kappa shape index (κ3) is 6.31. The molecule has 0 saturated carbocycles. The molecule has 2 N–H and O–H groups in total. The number of methoxy groups -OCH3 is 1. The van der Waals surface area contributed by atoms with Gasteiger partial charge >= 0.3 is 5.97 Å². The van der Waals surface area contributed by atoms with Crippen LogP contribution in [-0.4, -0.2) is 35.7 Å². The van der Waals surface area contributed by atoms with Crippen LogP contribution in [0.3, 0.4) is 0 Å². The number of phenols is 1. The second-order valence-electron chi connectivity index (χ2n) is 7.41. The second kappa shape index (κ2) is 9.18. The van der Waals surface area contributed by atoms with Crippen molar-refractivity contribution in [3.05, 3.63) is 58.5 Å². The fourth-order valence-corrected chi connectivity index (χ4v) is 2.57. The molecule has 0 radical (unpaired) electrons. The SMILES string of the molecule is COc1cc(CC(NC(=O)c2ccc(N=O)cc2)C(=O)OC(C)(C)C)ccc1O. The van der Waals surface area contributed by atoms with Crippen LogP contribution in [0.1, 0.15) is 36.7 Å². The van der Waals surface area contributed by atoms with Gasteiger partial charge in [-0.3, -0.25) is 4.79 Å². The zero-order valence-corrected chi connectivity index (χ0v) is 16.8. The predicted molar refractivity (Wildman–Crippen MR) is 107 cm³/mol. The standard InChI is InChI=1S/C21H24N2O6/c1-21(2,3)29-20(26)16(11-13-5-10-17(24)18(12-13)28-4)22-19(25)14-6-8-15(23-27)9-7-14/h5-10,12,16,24H,11H2,1-4H3,(H,22,25). The Hall–Kier alpha value is -3.42. The Bertz CT molecular complexity index is 887. The molecule has 1 unspecified atom stereocenters. The third-order valence-electron chi connectivity index (χ3n) is 3.92. The lowest BCUT2D eigenvalue weighted by Crippen LogP contribution is -2.45. The topological polar surface area (TPSA) is 114 Å². The molecule has 2 aromatic carbocycles. The Labute approximate surface area is 168 Å². The molecule has 154 valence electrons. The zero-order valence-electron chi connectivity index (χ0n) is 16.8. The van der Waals surface area contributed by atoms with Crippen molar-refractivity contribution in [1.82, 2.24) is 5.32 Å². The summed E-state index contributed by atoms with van der Waals surface area (Å²) in [5.74, 6) is -0.861. The molecule has 1 amide bonds. The molecule has 0 fully saturated rings. The van der Waals surface area contributed by atoms with Gasteiger partial charge in [0.15, 0.2) is 11.5 Å². The molecule has 0 spiro atoms. The highest BCUT2D eigenvalue weighted by Crippen LogP contribution is 2.27. The number of rotatable bonds is 7. The number of hydrogen-bond acceptors (Lipinski definition) is 7. The van der Waals surface area contributed by atoms with Crippen LogP contribution in [0.4, 0.5) is 5.69 Å². The fraction of sp³-hybridized carbons (Fsp3) is 0.333. The Morgan fingerprint density at radius 1 is 1.14 bits per heavy atom. The minimum absolute atomic E-state index is 0.0296. The van der Waals surface area contributed by atoms with Gasteiger partial charge in [-0.1, -0.05) is 6.07 Å². The van der Waals surface area contributed by atoms with Gasteiger partial charge in [-0.05, 0) is 67.9 Å². The molecular weight excluding hydrogens is 376 g/mol. The largest absolute Gasteiger partial charge is 0.504 e. The summed E-state index contributed by atoms with van der Waals surface area (Å²) in [5.41, 5.74) is 0.399. The lowest BCUT2D eigenvalue weighted by atomic mass is 10.0. The van der Waals surface area contributed by atoms with E-state index in [-0.39, 0.29) is 29.2 Å². The first-order chi connectivity index (χ1) is 13.6. The second-order valence-corrected chi connectivity index (χ2v) is 7.41. The van der Waals surface area contributed by atoms with Crippen LogP contribution in [0, 0.1) is 4.91 Å². The van der Waals surface area contributed by atoms with E-state index in [0.717, 1.165) is 0 Å². The van der Waals surface area contributed by atoms with Crippen molar-refractivity contribution in [2.75, 3.05) is 7.11 Å². The van der Waals surface area contributed by atoms with Gasteiger partial charge in [-0.15, -0.1) is 4.91 Å². The van der Waals surface area contributed by atoms with E-state index >= 15 is 0 Å². The van der Waals surface area contributed by atoms with E-state index < -0.39 is 23.5 Å². The number of nitrogens with one attached hydrogen (secondary N) is 1. The summed E-state index contributed by atoms with van der Waals surface area (Å²) in [6, 6.07) is 9.41. The monoisotopic (exact) mass is 400 g/mol. The van der Waals surface area contributed by atoms with Gasteiger partial charge in [0.25, 0.3) is 5.91 Å². The summed E-state index contributed by atoms with van der Waals surface area (Å²) in [4.78, 5) is 35.8. The van der Waals surface area contributed by atoms with Crippen molar-refractivity contribution in [2.45, 2.75) is 38.8 Å². The number of amides is 1. The van der Waals surface area contributed by atoms with E-state index in [1.807, 2.05) is 0 Å². The molecule has 0 aliphatic heterocycles. The smallest absolute Gasteiger partial charge is 0.329 e. The van der Waals surface area contributed by atoms with Crippen LogP contribution in [0.15, 0.2) is 47.6 Å². The number of carbonyl (C=O) groups excluding carboxylic acids is 2.